The van der Waals surface area contributed by atoms with E-state index in [4.69, 9.17) is 11.6 Å². The Balaban J connectivity index is 2.21. The van der Waals surface area contributed by atoms with E-state index in [1.807, 2.05) is 31.4 Å². The molecule has 2 aromatic rings. The summed E-state index contributed by atoms with van der Waals surface area (Å²) in [6.45, 7) is 6.05. The Labute approximate surface area is 134 Å². The van der Waals surface area contributed by atoms with Gasteiger partial charge in [0.2, 0.25) is 5.91 Å². The van der Waals surface area contributed by atoms with Crippen molar-refractivity contribution in [3.63, 3.8) is 0 Å². The number of nitrogens with zero attached hydrogens (tertiary/aromatic N) is 1. The molecule has 0 radical (unpaired) electrons. The van der Waals surface area contributed by atoms with E-state index in [-0.39, 0.29) is 5.91 Å². The first-order chi connectivity index (χ1) is 10.0. The van der Waals surface area contributed by atoms with Crippen molar-refractivity contribution in [3.05, 3.63) is 44.4 Å². The van der Waals surface area contributed by atoms with Crippen LogP contribution in [0.1, 0.15) is 35.7 Å². The molecule has 3 nitrogen and oxygen atoms in total. The number of carbonyl (C=O) groups is 1. The Kier molecular flexibility index (Phi) is 5.37. The van der Waals surface area contributed by atoms with E-state index in [2.05, 4.69) is 17.2 Å². The number of thiazole rings is 1. The molecule has 0 bridgehead atoms. The van der Waals surface area contributed by atoms with Gasteiger partial charge in [-0.05, 0) is 37.0 Å². The second-order valence-corrected chi connectivity index (χ2v) is 6.32. The topological polar surface area (TPSA) is 42.0 Å². The van der Waals surface area contributed by atoms with Crippen LogP contribution in [-0.4, -0.2) is 10.9 Å². The Morgan fingerprint density at radius 1 is 1.33 bits per heavy atom. The Hall–Kier alpha value is -1.39. The zero-order valence-corrected chi connectivity index (χ0v) is 14.1. The molecule has 0 aliphatic heterocycles. The van der Waals surface area contributed by atoms with Crippen LogP contribution in [0.15, 0.2) is 17.5 Å². The molecule has 0 aliphatic rings. The first-order valence-corrected chi connectivity index (χ1v) is 8.32. The van der Waals surface area contributed by atoms with E-state index >= 15 is 0 Å². The predicted octanol–water partition coefficient (Wildman–Crippen LogP) is 4.41. The lowest BCUT2D eigenvalue weighted by Gasteiger charge is -2.15. The second-order valence-electron chi connectivity index (χ2n) is 4.85. The molecule has 0 atom stereocenters. The molecule has 0 unspecified atom stereocenters. The van der Waals surface area contributed by atoms with Gasteiger partial charge in [-0.1, -0.05) is 31.5 Å². The summed E-state index contributed by atoms with van der Waals surface area (Å²) in [5, 5.41) is 6.62. The van der Waals surface area contributed by atoms with Crippen molar-refractivity contribution in [2.45, 2.75) is 40.0 Å². The van der Waals surface area contributed by atoms with Gasteiger partial charge in [0.15, 0.2) is 0 Å². The minimum absolute atomic E-state index is 0.0491. The van der Waals surface area contributed by atoms with E-state index in [0.29, 0.717) is 11.4 Å². The predicted molar refractivity (Wildman–Crippen MR) is 89.4 cm³/mol. The van der Waals surface area contributed by atoms with Crippen molar-refractivity contribution in [1.29, 1.82) is 0 Å². The molecule has 0 saturated heterocycles. The third-order valence-corrected chi connectivity index (χ3v) is 4.53. The van der Waals surface area contributed by atoms with Crippen molar-refractivity contribution < 1.29 is 4.79 Å². The van der Waals surface area contributed by atoms with Crippen molar-refractivity contribution in [2.75, 3.05) is 5.32 Å². The monoisotopic (exact) mass is 322 g/mol. The number of anilines is 1. The summed E-state index contributed by atoms with van der Waals surface area (Å²) in [4.78, 5) is 16.6. The van der Waals surface area contributed by atoms with Gasteiger partial charge in [0.25, 0.3) is 0 Å². The van der Waals surface area contributed by atoms with Crippen LogP contribution < -0.4 is 5.32 Å². The van der Waals surface area contributed by atoms with Gasteiger partial charge < -0.3 is 5.32 Å². The summed E-state index contributed by atoms with van der Waals surface area (Å²) in [5.41, 5.74) is 3.79. The third kappa shape index (κ3) is 3.83. The molecule has 112 valence electrons. The first kappa shape index (κ1) is 16.0. The molecule has 1 N–H and O–H groups in total. The van der Waals surface area contributed by atoms with Crippen molar-refractivity contribution in [1.82, 2.24) is 4.98 Å². The molecular weight excluding hydrogens is 304 g/mol. The summed E-state index contributed by atoms with van der Waals surface area (Å²) in [6.07, 6.45) is 1.94. The lowest BCUT2D eigenvalue weighted by Crippen LogP contribution is -2.17. The number of halogens is 1. The number of hydrogen-bond donors (Lipinski definition) is 1. The van der Waals surface area contributed by atoms with Gasteiger partial charge in [0, 0.05) is 16.1 Å². The molecule has 0 saturated carbocycles. The van der Waals surface area contributed by atoms with E-state index in [0.717, 1.165) is 40.4 Å². The highest BCUT2D eigenvalue weighted by Crippen LogP contribution is 2.29. The summed E-state index contributed by atoms with van der Waals surface area (Å²) in [5.74, 6) is -0.0491. The summed E-state index contributed by atoms with van der Waals surface area (Å²) >= 11 is 7.80. The molecule has 5 heteroatoms. The van der Waals surface area contributed by atoms with Crippen LogP contribution in [0.25, 0.3) is 0 Å². The van der Waals surface area contributed by atoms with Gasteiger partial charge in [0.05, 0.1) is 17.1 Å². The molecule has 21 heavy (non-hydrogen) atoms. The minimum atomic E-state index is -0.0491. The normalized spacial score (nSPS) is 10.7. The fraction of sp³-hybridized carbons (Fsp3) is 0.375. The Bertz CT molecular complexity index is 652. The fourth-order valence-corrected chi connectivity index (χ4v) is 3.21. The summed E-state index contributed by atoms with van der Waals surface area (Å²) in [7, 11) is 0. The maximum atomic E-state index is 12.2. The highest BCUT2D eigenvalue weighted by Gasteiger charge is 2.14. The second kappa shape index (κ2) is 7.05. The van der Waals surface area contributed by atoms with Gasteiger partial charge in [-0.2, -0.15) is 0 Å². The molecule has 0 spiro atoms. The van der Waals surface area contributed by atoms with Crippen LogP contribution in [0.2, 0.25) is 5.02 Å². The number of hydrogen-bond acceptors (Lipinski definition) is 3. The number of amides is 1. The lowest BCUT2D eigenvalue weighted by molar-refractivity contribution is -0.115. The van der Waals surface area contributed by atoms with Crippen molar-refractivity contribution >= 4 is 34.5 Å². The molecule has 1 aromatic carbocycles. The van der Waals surface area contributed by atoms with E-state index in [9.17, 15) is 4.79 Å². The van der Waals surface area contributed by atoms with Gasteiger partial charge in [-0.3, -0.25) is 4.79 Å². The Morgan fingerprint density at radius 2 is 2.10 bits per heavy atom. The summed E-state index contributed by atoms with van der Waals surface area (Å²) < 4.78 is 0. The number of benzene rings is 1. The highest BCUT2D eigenvalue weighted by atomic mass is 35.5. The number of aryl methyl sites for hydroxylation is 2. The van der Waals surface area contributed by atoms with Gasteiger partial charge >= 0.3 is 0 Å². The van der Waals surface area contributed by atoms with E-state index in [1.54, 1.807) is 11.3 Å². The molecule has 0 aliphatic carbocycles. The smallest absolute Gasteiger partial charge is 0.230 e. The van der Waals surface area contributed by atoms with Gasteiger partial charge in [-0.25, -0.2) is 4.98 Å². The standard InChI is InChI=1S/C16H19ClN2OS/c1-4-11-6-7-14(17)13(5-2)16(11)19-15(20)8-12-9-21-10(3)18-12/h6-7,9H,4-5,8H2,1-3H3,(H,19,20). The summed E-state index contributed by atoms with van der Waals surface area (Å²) in [6, 6.07) is 3.88. The number of aromatic nitrogens is 1. The van der Waals surface area contributed by atoms with Crippen LogP contribution >= 0.6 is 22.9 Å². The molecule has 2 rings (SSSR count). The van der Waals surface area contributed by atoms with Crippen LogP contribution in [0.4, 0.5) is 5.69 Å². The zero-order chi connectivity index (χ0) is 15.4. The van der Waals surface area contributed by atoms with Crippen molar-refractivity contribution in [3.8, 4) is 0 Å². The molecule has 1 heterocycles. The maximum Gasteiger partial charge on any atom is 0.230 e. The molecular formula is C16H19ClN2OS. The number of carbonyl (C=O) groups excluding carboxylic acids is 1. The average molecular weight is 323 g/mol. The van der Waals surface area contributed by atoms with Gasteiger partial charge in [-0.15, -0.1) is 11.3 Å². The van der Waals surface area contributed by atoms with Crippen LogP contribution in [-0.2, 0) is 24.1 Å². The van der Waals surface area contributed by atoms with Crippen LogP contribution in [0.5, 0.6) is 0 Å². The molecule has 1 aromatic heterocycles. The molecule has 1 amide bonds. The van der Waals surface area contributed by atoms with Gasteiger partial charge in [0.1, 0.15) is 0 Å². The van der Waals surface area contributed by atoms with E-state index < -0.39 is 0 Å². The third-order valence-electron chi connectivity index (χ3n) is 3.35. The average Bonchev–Trinajstić information content (AvgIpc) is 2.84. The number of rotatable bonds is 5. The fourth-order valence-electron chi connectivity index (χ4n) is 2.30. The molecule has 0 fully saturated rings. The van der Waals surface area contributed by atoms with Crippen molar-refractivity contribution in [2.24, 2.45) is 0 Å². The Morgan fingerprint density at radius 3 is 2.67 bits per heavy atom. The first-order valence-electron chi connectivity index (χ1n) is 7.06. The lowest BCUT2D eigenvalue weighted by atomic mass is 10.0. The SMILES string of the molecule is CCc1ccc(Cl)c(CC)c1NC(=O)Cc1csc(C)n1. The van der Waals surface area contributed by atoms with E-state index in [1.165, 1.54) is 0 Å². The highest BCUT2D eigenvalue weighted by molar-refractivity contribution is 7.09. The largest absolute Gasteiger partial charge is 0.325 e. The van der Waals surface area contributed by atoms with Crippen LogP contribution in [0.3, 0.4) is 0 Å². The van der Waals surface area contributed by atoms with Crippen LogP contribution in [0, 0.1) is 6.92 Å². The quantitative estimate of drug-likeness (QED) is 0.885. The maximum absolute atomic E-state index is 12.2. The number of nitrogens with one attached hydrogen (secondary N) is 1. The zero-order valence-electron chi connectivity index (χ0n) is 12.5. The minimum Gasteiger partial charge on any atom is -0.325 e.